The second kappa shape index (κ2) is 8.60. The summed E-state index contributed by atoms with van der Waals surface area (Å²) in [6.45, 7) is 0. The van der Waals surface area contributed by atoms with Gasteiger partial charge in [-0.25, -0.2) is 9.48 Å². The van der Waals surface area contributed by atoms with Gasteiger partial charge >= 0.3 is 5.97 Å². The van der Waals surface area contributed by atoms with Crippen LogP contribution in [0.1, 0.15) is 65.4 Å². The van der Waals surface area contributed by atoms with Crippen LogP contribution in [0.5, 0.6) is 0 Å². The Kier molecular flexibility index (Phi) is 5.96. The maximum atomic E-state index is 12.6. The van der Waals surface area contributed by atoms with E-state index in [1.54, 1.807) is 0 Å². The molecule has 0 unspecified atom stereocenters. The Bertz CT molecular complexity index is 873. The average Bonchev–Trinajstić information content (AvgIpc) is 3.44. The van der Waals surface area contributed by atoms with Gasteiger partial charge in [-0.05, 0) is 54.5 Å². The molecule has 4 rings (SSSR count). The molecule has 2 aliphatic rings. The van der Waals surface area contributed by atoms with Gasteiger partial charge in [0.15, 0.2) is 0 Å². The summed E-state index contributed by atoms with van der Waals surface area (Å²) in [6.07, 6.45) is 8.51. The number of carbonyl (C=O) groups is 2. The monoisotopic (exact) mass is 421 g/mol. The molecule has 0 aliphatic heterocycles. The molecule has 1 amide bonds. The maximum absolute atomic E-state index is 12.6. The number of rotatable bonds is 6. The lowest BCUT2D eigenvalue weighted by Gasteiger charge is -2.12. The molecule has 0 atom stereocenters. The third-order valence-electron chi connectivity index (χ3n) is 5.28. The van der Waals surface area contributed by atoms with E-state index in [1.807, 2.05) is 4.68 Å². The number of tetrazole rings is 1. The summed E-state index contributed by atoms with van der Waals surface area (Å²) < 4.78 is 6.80. The Labute approximate surface area is 171 Å². The van der Waals surface area contributed by atoms with Crippen molar-refractivity contribution in [3.05, 3.63) is 16.0 Å². The molecule has 28 heavy (non-hydrogen) atoms. The van der Waals surface area contributed by atoms with E-state index in [2.05, 4.69) is 20.8 Å². The van der Waals surface area contributed by atoms with Crippen molar-refractivity contribution in [2.24, 2.45) is 0 Å². The molecule has 0 saturated heterocycles. The summed E-state index contributed by atoms with van der Waals surface area (Å²) in [5.74, 6) is -0.363. The minimum Gasteiger partial charge on any atom is -0.465 e. The van der Waals surface area contributed by atoms with Crippen LogP contribution >= 0.6 is 23.1 Å². The molecule has 1 saturated carbocycles. The van der Waals surface area contributed by atoms with Crippen molar-refractivity contribution >= 4 is 40.0 Å². The van der Waals surface area contributed by atoms with Crippen molar-refractivity contribution in [1.82, 2.24) is 20.2 Å². The number of amides is 1. The molecule has 1 fully saturated rings. The van der Waals surface area contributed by atoms with E-state index in [4.69, 9.17) is 4.74 Å². The number of nitrogens with zero attached hydrogens (tertiary/aromatic N) is 4. The highest BCUT2D eigenvalue weighted by molar-refractivity contribution is 7.99. The first-order valence-corrected chi connectivity index (χ1v) is 11.4. The van der Waals surface area contributed by atoms with Gasteiger partial charge in [-0.3, -0.25) is 4.79 Å². The van der Waals surface area contributed by atoms with Crippen LogP contribution < -0.4 is 5.32 Å². The highest BCUT2D eigenvalue weighted by Gasteiger charge is 2.27. The third kappa shape index (κ3) is 3.93. The van der Waals surface area contributed by atoms with Crippen molar-refractivity contribution in [3.8, 4) is 0 Å². The molecule has 2 aromatic heterocycles. The lowest BCUT2D eigenvalue weighted by atomic mass is 9.95. The zero-order chi connectivity index (χ0) is 19.5. The van der Waals surface area contributed by atoms with Crippen molar-refractivity contribution in [2.75, 3.05) is 18.2 Å². The molecule has 0 aromatic carbocycles. The molecule has 2 aromatic rings. The summed E-state index contributed by atoms with van der Waals surface area (Å²) >= 11 is 2.82. The lowest BCUT2D eigenvalue weighted by Crippen LogP contribution is -2.17. The minimum absolute atomic E-state index is 0.172. The maximum Gasteiger partial charge on any atom is 0.341 e. The number of carbonyl (C=O) groups excluding carboxylic acids is 2. The molecule has 0 spiro atoms. The number of nitrogens with one attached hydrogen (secondary N) is 1. The van der Waals surface area contributed by atoms with E-state index in [0.29, 0.717) is 21.8 Å². The molecule has 0 radical (unpaired) electrons. The zero-order valence-electron chi connectivity index (χ0n) is 15.8. The molecule has 1 N–H and O–H groups in total. The van der Waals surface area contributed by atoms with Crippen molar-refractivity contribution in [3.63, 3.8) is 0 Å². The Morgan fingerprint density at radius 3 is 2.82 bits per heavy atom. The van der Waals surface area contributed by atoms with E-state index < -0.39 is 0 Å². The highest BCUT2D eigenvalue weighted by atomic mass is 32.2. The van der Waals surface area contributed by atoms with E-state index in [1.165, 1.54) is 47.9 Å². The van der Waals surface area contributed by atoms with Gasteiger partial charge in [0.1, 0.15) is 5.00 Å². The second-order valence-electron chi connectivity index (χ2n) is 7.09. The first-order chi connectivity index (χ1) is 13.7. The largest absolute Gasteiger partial charge is 0.465 e. The molecule has 2 heterocycles. The van der Waals surface area contributed by atoms with Crippen molar-refractivity contribution < 1.29 is 14.3 Å². The number of hydrogen-bond donors (Lipinski definition) is 1. The van der Waals surface area contributed by atoms with Gasteiger partial charge in [-0.2, -0.15) is 0 Å². The van der Waals surface area contributed by atoms with Crippen molar-refractivity contribution in [2.45, 2.75) is 62.6 Å². The smallest absolute Gasteiger partial charge is 0.341 e. The summed E-state index contributed by atoms with van der Waals surface area (Å²) in [6, 6.07) is 0.329. The standard InChI is InChI=1S/C18H23N5O3S2/c1-26-17(25)15-12-8-4-5-9-13(12)28-16(15)19-14(24)10-27-18-20-21-22-23(18)11-6-2-3-7-11/h11H,2-10H2,1H3,(H,19,24). The van der Waals surface area contributed by atoms with Gasteiger partial charge < -0.3 is 10.1 Å². The van der Waals surface area contributed by atoms with Gasteiger partial charge in [-0.1, -0.05) is 24.6 Å². The van der Waals surface area contributed by atoms with Gasteiger partial charge in [0.05, 0.1) is 24.5 Å². The van der Waals surface area contributed by atoms with Gasteiger partial charge in [0.2, 0.25) is 11.1 Å². The topological polar surface area (TPSA) is 99.0 Å². The number of hydrogen-bond acceptors (Lipinski definition) is 8. The van der Waals surface area contributed by atoms with Crippen LogP contribution in [-0.4, -0.2) is 44.9 Å². The molecular formula is C18H23N5O3S2. The van der Waals surface area contributed by atoms with E-state index >= 15 is 0 Å². The fourth-order valence-corrected chi connectivity index (χ4v) is 5.96. The number of anilines is 1. The fourth-order valence-electron chi connectivity index (χ4n) is 3.92. The normalized spacial score (nSPS) is 16.8. The van der Waals surface area contributed by atoms with Crippen LogP contribution in [0, 0.1) is 0 Å². The number of fused-ring (bicyclic) bond motifs is 1. The first kappa shape index (κ1) is 19.4. The Morgan fingerprint density at radius 1 is 1.25 bits per heavy atom. The van der Waals surface area contributed by atoms with E-state index in [0.717, 1.165) is 44.1 Å². The first-order valence-electron chi connectivity index (χ1n) is 9.60. The fraction of sp³-hybridized carbons (Fsp3) is 0.611. The van der Waals surface area contributed by atoms with Gasteiger partial charge in [-0.15, -0.1) is 16.4 Å². The van der Waals surface area contributed by atoms with E-state index in [-0.39, 0.29) is 17.6 Å². The number of aromatic nitrogens is 4. The minimum atomic E-state index is -0.382. The number of aryl methyl sites for hydroxylation is 1. The number of methoxy groups -OCH3 is 1. The lowest BCUT2D eigenvalue weighted by molar-refractivity contribution is -0.113. The molecule has 0 bridgehead atoms. The predicted octanol–water partition coefficient (Wildman–Crippen LogP) is 3.25. The van der Waals surface area contributed by atoms with E-state index in [9.17, 15) is 9.59 Å². The number of ether oxygens (including phenoxy) is 1. The molecular weight excluding hydrogens is 398 g/mol. The Hall–Kier alpha value is -1.94. The number of esters is 1. The molecule has 10 heteroatoms. The molecule has 2 aliphatic carbocycles. The number of thiophene rings is 1. The summed E-state index contributed by atoms with van der Waals surface area (Å²) in [5, 5.41) is 16.1. The highest BCUT2D eigenvalue weighted by Crippen LogP contribution is 2.38. The molecule has 150 valence electrons. The van der Waals surface area contributed by atoms with Crippen LogP contribution in [0.4, 0.5) is 5.00 Å². The predicted molar refractivity (Wildman–Crippen MR) is 107 cm³/mol. The summed E-state index contributed by atoms with van der Waals surface area (Å²) in [7, 11) is 1.37. The number of thioether (sulfide) groups is 1. The quantitative estimate of drug-likeness (QED) is 0.564. The van der Waals surface area contributed by atoms with Crippen molar-refractivity contribution in [1.29, 1.82) is 0 Å². The summed E-state index contributed by atoms with van der Waals surface area (Å²) in [4.78, 5) is 26.0. The van der Waals surface area contributed by atoms with Crippen LogP contribution in [-0.2, 0) is 22.4 Å². The summed E-state index contributed by atoms with van der Waals surface area (Å²) in [5.41, 5.74) is 1.56. The Morgan fingerprint density at radius 2 is 2.04 bits per heavy atom. The molecule has 8 nitrogen and oxygen atoms in total. The average molecular weight is 422 g/mol. The zero-order valence-corrected chi connectivity index (χ0v) is 17.4. The third-order valence-corrected chi connectivity index (χ3v) is 7.42. The SMILES string of the molecule is COC(=O)c1c(NC(=O)CSc2nnnn2C2CCCC2)sc2c1CCCC2. The van der Waals surface area contributed by atoms with Crippen LogP contribution in [0.15, 0.2) is 5.16 Å². The Balaban J connectivity index is 1.44. The van der Waals surface area contributed by atoms with Crippen LogP contribution in [0.3, 0.4) is 0 Å². The van der Waals surface area contributed by atoms with Gasteiger partial charge in [0.25, 0.3) is 0 Å². The van der Waals surface area contributed by atoms with Crippen LogP contribution in [0.25, 0.3) is 0 Å². The van der Waals surface area contributed by atoms with Gasteiger partial charge in [0, 0.05) is 4.88 Å². The van der Waals surface area contributed by atoms with Crippen LogP contribution in [0.2, 0.25) is 0 Å². The second-order valence-corrected chi connectivity index (χ2v) is 9.14.